The topological polar surface area (TPSA) is 64.4 Å². The molecule has 1 saturated heterocycles. The summed E-state index contributed by atoms with van der Waals surface area (Å²) in [5.41, 5.74) is 0.700. The molecule has 1 unspecified atom stereocenters. The number of hydrogen-bond acceptors (Lipinski definition) is 4. The number of amides is 1. The van der Waals surface area contributed by atoms with Crippen LogP contribution in [0.3, 0.4) is 0 Å². The minimum atomic E-state index is -1.23. The van der Waals surface area contributed by atoms with Crippen molar-refractivity contribution in [2.45, 2.75) is 51.9 Å². The van der Waals surface area contributed by atoms with Crippen LogP contribution in [-0.4, -0.2) is 34.8 Å². The second-order valence-corrected chi connectivity index (χ2v) is 7.17. The number of halogens is 2. The maximum Gasteiger partial charge on any atom is 0.277 e. The average Bonchev–Trinajstić information content (AvgIpc) is 2.90. The van der Waals surface area contributed by atoms with E-state index in [1.165, 1.54) is 37.5 Å². The number of rotatable bonds is 5. The molecular weight excluding hydrogens is 368 g/mol. The summed E-state index contributed by atoms with van der Waals surface area (Å²) in [6.45, 7) is 4.73. The fourth-order valence-corrected chi connectivity index (χ4v) is 3.88. The van der Waals surface area contributed by atoms with Gasteiger partial charge in [0.05, 0.1) is 26.2 Å². The minimum Gasteiger partial charge on any atom is -0.497 e. The molecule has 1 aromatic heterocycles. The van der Waals surface area contributed by atoms with Crippen molar-refractivity contribution in [3.8, 4) is 5.75 Å². The van der Waals surface area contributed by atoms with Crippen LogP contribution >= 0.6 is 0 Å². The Morgan fingerprint density at radius 1 is 1.36 bits per heavy atom. The minimum absolute atomic E-state index is 0.0686. The standard InChI is InChI=1S/C20H23F2N3O3/c1-11-5-14(28-4)6-16(22)19(11)15-7-18(26)25(13(15)3)17-8-23-10-24(20(17)27)9-12(2)21/h5-6,8,10,12-13,15H,7,9H2,1-4H3/t12?,13-,15-/m0/s1. The molecule has 8 heteroatoms. The van der Waals surface area contributed by atoms with Crippen LogP contribution in [0.5, 0.6) is 5.75 Å². The van der Waals surface area contributed by atoms with Crippen LogP contribution in [0.15, 0.2) is 29.5 Å². The Bertz CT molecular complexity index is 935. The lowest BCUT2D eigenvalue weighted by molar-refractivity contribution is -0.117. The van der Waals surface area contributed by atoms with Crippen molar-refractivity contribution < 1.29 is 18.3 Å². The number of nitrogens with zero attached hydrogens (tertiary/aromatic N) is 3. The van der Waals surface area contributed by atoms with Gasteiger partial charge >= 0.3 is 0 Å². The molecule has 150 valence electrons. The number of hydrogen-bond donors (Lipinski definition) is 0. The van der Waals surface area contributed by atoms with Gasteiger partial charge in [0.2, 0.25) is 5.91 Å². The van der Waals surface area contributed by atoms with Gasteiger partial charge in [0.1, 0.15) is 23.4 Å². The van der Waals surface area contributed by atoms with Gasteiger partial charge in [-0.3, -0.25) is 14.2 Å². The lowest BCUT2D eigenvalue weighted by Crippen LogP contribution is -2.39. The van der Waals surface area contributed by atoms with Crippen LogP contribution in [0, 0.1) is 12.7 Å². The number of aromatic nitrogens is 2. The first-order chi connectivity index (χ1) is 13.2. The van der Waals surface area contributed by atoms with E-state index < -0.39 is 29.5 Å². The number of methoxy groups -OCH3 is 1. The summed E-state index contributed by atoms with van der Waals surface area (Å²) in [6, 6.07) is 2.56. The average molecular weight is 391 g/mol. The summed E-state index contributed by atoms with van der Waals surface area (Å²) < 4.78 is 34.3. The van der Waals surface area contributed by atoms with E-state index in [0.29, 0.717) is 16.9 Å². The third kappa shape index (κ3) is 3.50. The highest BCUT2D eigenvalue weighted by atomic mass is 19.1. The molecule has 1 aromatic carbocycles. The molecule has 3 rings (SSSR count). The molecule has 1 fully saturated rings. The first-order valence-corrected chi connectivity index (χ1v) is 9.09. The quantitative estimate of drug-likeness (QED) is 0.786. The number of benzene rings is 1. The van der Waals surface area contributed by atoms with Crippen LogP contribution in [0.25, 0.3) is 0 Å². The van der Waals surface area contributed by atoms with Gasteiger partial charge < -0.3 is 9.64 Å². The molecule has 6 nitrogen and oxygen atoms in total. The van der Waals surface area contributed by atoms with E-state index in [1.54, 1.807) is 19.9 Å². The predicted molar refractivity (Wildman–Crippen MR) is 101 cm³/mol. The highest BCUT2D eigenvalue weighted by Crippen LogP contribution is 2.39. The fraction of sp³-hybridized carbons (Fsp3) is 0.450. The fourth-order valence-electron chi connectivity index (χ4n) is 3.88. The van der Waals surface area contributed by atoms with E-state index in [4.69, 9.17) is 4.74 Å². The third-order valence-electron chi connectivity index (χ3n) is 5.16. The smallest absolute Gasteiger partial charge is 0.277 e. The molecule has 3 atom stereocenters. The van der Waals surface area contributed by atoms with Crippen molar-refractivity contribution in [1.82, 2.24) is 9.55 Å². The summed E-state index contributed by atoms with van der Waals surface area (Å²) in [4.78, 5) is 30.8. The van der Waals surface area contributed by atoms with Gasteiger partial charge in [-0.25, -0.2) is 13.8 Å². The molecule has 1 amide bonds. The summed E-state index contributed by atoms with van der Waals surface area (Å²) in [6.07, 6.45) is 1.39. The van der Waals surface area contributed by atoms with E-state index in [1.807, 2.05) is 0 Å². The Hall–Kier alpha value is -2.77. The largest absolute Gasteiger partial charge is 0.497 e. The van der Waals surface area contributed by atoms with Crippen molar-refractivity contribution in [1.29, 1.82) is 0 Å². The van der Waals surface area contributed by atoms with Crippen LogP contribution in [0.4, 0.5) is 14.5 Å². The molecule has 0 spiro atoms. The Labute approximate surface area is 161 Å². The van der Waals surface area contributed by atoms with E-state index in [-0.39, 0.29) is 24.6 Å². The van der Waals surface area contributed by atoms with Crippen molar-refractivity contribution >= 4 is 11.6 Å². The van der Waals surface area contributed by atoms with Crippen LogP contribution < -0.4 is 15.2 Å². The summed E-state index contributed by atoms with van der Waals surface area (Å²) in [5, 5.41) is 0. The van der Waals surface area contributed by atoms with Gasteiger partial charge in [-0.15, -0.1) is 0 Å². The zero-order valence-corrected chi connectivity index (χ0v) is 16.3. The second-order valence-electron chi connectivity index (χ2n) is 7.17. The molecule has 1 aliphatic rings. The third-order valence-corrected chi connectivity index (χ3v) is 5.16. The van der Waals surface area contributed by atoms with Crippen molar-refractivity contribution in [2.24, 2.45) is 0 Å². The first kappa shape index (κ1) is 20.0. The lowest BCUT2D eigenvalue weighted by Gasteiger charge is -2.25. The van der Waals surface area contributed by atoms with Gasteiger partial charge in [0.25, 0.3) is 5.56 Å². The molecule has 2 aromatic rings. The molecule has 0 N–H and O–H groups in total. The van der Waals surface area contributed by atoms with Gasteiger partial charge in [-0.1, -0.05) is 0 Å². The molecule has 1 aliphatic heterocycles. The number of alkyl halides is 1. The van der Waals surface area contributed by atoms with E-state index in [9.17, 15) is 18.4 Å². The van der Waals surface area contributed by atoms with Crippen molar-refractivity contribution in [3.63, 3.8) is 0 Å². The van der Waals surface area contributed by atoms with Gasteiger partial charge in [-0.05, 0) is 38.0 Å². The summed E-state index contributed by atoms with van der Waals surface area (Å²) >= 11 is 0. The number of aryl methyl sites for hydroxylation is 1. The molecule has 0 aliphatic carbocycles. The highest BCUT2D eigenvalue weighted by Gasteiger charge is 2.41. The van der Waals surface area contributed by atoms with Gasteiger partial charge in [0, 0.05) is 24.4 Å². The van der Waals surface area contributed by atoms with E-state index >= 15 is 0 Å². The first-order valence-electron chi connectivity index (χ1n) is 9.09. The van der Waals surface area contributed by atoms with Crippen molar-refractivity contribution in [3.05, 3.63) is 52.0 Å². The summed E-state index contributed by atoms with van der Waals surface area (Å²) in [5.74, 6) is -0.759. The lowest BCUT2D eigenvalue weighted by atomic mass is 9.88. The SMILES string of the molecule is COc1cc(C)c([C@H]2CC(=O)N(c3cncn(CC(C)F)c3=O)[C@H]2C)c(F)c1. The number of carbonyl (C=O) groups is 1. The van der Waals surface area contributed by atoms with Gasteiger partial charge in [0.15, 0.2) is 0 Å². The van der Waals surface area contributed by atoms with Crippen molar-refractivity contribution in [2.75, 3.05) is 12.0 Å². The Kier molecular flexibility index (Phi) is 5.49. The van der Waals surface area contributed by atoms with Crippen LogP contribution in [0.2, 0.25) is 0 Å². The molecule has 0 saturated carbocycles. The zero-order chi connectivity index (χ0) is 20.6. The van der Waals surface area contributed by atoms with E-state index in [2.05, 4.69) is 4.98 Å². The molecule has 2 heterocycles. The zero-order valence-electron chi connectivity index (χ0n) is 16.3. The summed E-state index contributed by atoms with van der Waals surface area (Å²) in [7, 11) is 1.46. The van der Waals surface area contributed by atoms with Crippen LogP contribution in [-0.2, 0) is 11.3 Å². The monoisotopic (exact) mass is 391 g/mol. The predicted octanol–water partition coefficient (Wildman–Crippen LogP) is 2.97. The Balaban J connectivity index is 2.00. The normalized spacial score (nSPS) is 20.5. The molecular formula is C20H23F2N3O3. The van der Waals surface area contributed by atoms with Crippen LogP contribution in [0.1, 0.15) is 37.3 Å². The number of ether oxygens (including phenoxy) is 1. The number of carbonyl (C=O) groups excluding carboxylic acids is 1. The maximum atomic E-state index is 14.7. The molecule has 0 radical (unpaired) electrons. The molecule has 28 heavy (non-hydrogen) atoms. The number of anilines is 1. The highest BCUT2D eigenvalue weighted by molar-refractivity contribution is 5.97. The second kappa shape index (κ2) is 7.69. The Morgan fingerprint density at radius 3 is 2.68 bits per heavy atom. The molecule has 0 bridgehead atoms. The van der Waals surface area contributed by atoms with Gasteiger partial charge in [-0.2, -0.15) is 0 Å². The maximum absolute atomic E-state index is 14.7. The van der Waals surface area contributed by atoms with E-state index in [0.717, 1.165) is 4.57 Å². The Morgan fingerprint density at radius 2 is 2.07 bits per heavy atom.